The van der Waals surface area contributed by atoms with Crippen molar-refractivity contribution in [2.75, 3.05) is 24.6 Å². The molecule has 0 spiro atoms. The summed E-state index contributed by atoms with van der Waals surface area (Å²) in [5.74, 6) is -0.0975. The van der Waals surface area contributed by atoms with Crippen molar-refractivity contribution < 1.29 is 9.90 Å². The summed E-state index contributed by atoms with van der Waals surface area (Å²) in [6.45, 7) is 0.787. The Morgan fingerprint density at radius 2 is 2.18 bits per heavy atom. The molecule has 0 saturated carbocycles. The van der Waals surface area contributed by atoms with Crippen LogP contribution in [0, 0.1) is 11.3 Å². The molecule has 5 heteroatoms. The lowest BCUT2D eigenvalue weighted by Crippen LogP contribution is -2.55. The SMILES string of the molecule is N#Cc1ccc(N2CC(=O)NC(CO)C2)cc1. The van der Waals surface area contributed by atoms with Crippen LogP contribution in [0.5, 0.6) is 0 Å². The second-order valence-electron chi connectivity index (χ2n) is 3.99. The molecule has 1 aromatic rings. The highest BCUT2D eigenvalue weighted by Gasteiger charge is 2.23. The minimum Gasteiger partial charge on any atom is -0.394 e. The molecule has 1 aliphatic rings. The number of anilines is 1. The van der Waals surface area contributed by atoms with Crippen LogP contribution in [0.1, 0.15) is 5.56 Å². The van der Waals surface area contributed by atoms with Crippen molar-refractivity contribution in [2.24, 2.45) is 0 Å². The third kappa shape index (κ3) is 2.55. The zero-order valence-electron chi connectivity index (χ0n) is 9.26. The van der Waals surface area contributed by atoms with Crippen LogP contribution in [0.2, 0.25) is 0 Å². The van der Waals surface area contributed by atoms with Crippen LogP contribution in [-0.2, 0) is 4.79 Å². The highest BCUT2D eigenvalue weighted by molar-refractivity contribution is 5.83. The summed E-state index contributed by atoms with van der Waals surface area (Å²) in [6, 6.07) is 8.88. The Balaban J connectivity index is 2.15. The first-order valence-corrected chi connectivity index (χ1v) is 5.38. The zero-order chi connectivity index (χ0) is 12.3. The molecule has 1 aliphatic heterocycles. The minimum atomic E-state index is -0.230. The van der Waals surface area contributed by atoms with E-state index >= 15 is 0 Å². The van der Waals surface area contributed by atoms with E-state index in [0.717, 1.165) is 5.69 Å². The van der Waals surface area contributed by atoms with Crippen molar-refractivity contribution in [3.05, 3.63) is 29.8 Å². The quantitative estimate of drug-likeness (QED) is 0.742. The molecule has 1 aromatic carbocycles. The van der Waals surface area contributed by atoms with Gasteiger partial charge in [-0.1, -0.05) is 0 Å². The number of hydrogen-bond acceptors (Lipinski definition) is 4. The van der Waals surface area contributed by atoms with Crippen molar-refractivity contribution in [3.8, 4) is 6.07 Å². The second kappa shape index (κ2) is 4.85. The molecule has 2 N–H and O–H groups in total. The number of nitriles is 1. The lowest BCUT2D eigenvalue weighted by Gasteiger charge is -2.33. The van der Waals surface area contributed by atoms with E-state index in [4.69, 9.17) is 10.4 Å². The molecule has 0 aliphatic carbocycles. The number of amides is 1. The van der Waals surface area contributed by atoms with E-state index in [9.17, 15) is 4.79 Å². The fraction of sp³-hybridized carbons (Fsp3) is 0.333. The van der Waals surface area contributed by atoms with Crippen molar-refractivity contribution in [3.63, 3.8) is 0 Å². The molecule has 1 saturated heterocycles. The van der Waals surface area contributed by atoms with Crippen molar-refractivity contribution in [1.82, 2.24) is 5.32 Å². The molecule has 1 unspecified atom stereocenters. The number of hydrogen-bond donors (Lipinski definition) is 2. The van der Waals surface area contributed by atoms with Gasteiger partial charge in [0.1, 0.15) is 0 Å². The standard InChI is InChI=1S/C12H13N3O2/c13-5-9-1-3-11(4-2-9)15-6-10(8-16)14-12(17)7-15/h1-4,10,16H,6-8H2,(H,14,17). The third-order valence-corrected chi connectivity index (χ3v) is 2.72. The molecular weight excluding hydrogens is 218 g/mol. The van der Waals surface area contributed by atoms with Crippen LogP contribution >= 0.6 is 0 Å². The molecule has 0 aromatic heterocycles. The van der Waals surface area contributed by atoms with Crippen LogP contribution in [-0.4, -0.2) is 36.8 Å². The summed E-state index contributed by atoms with van der Waals surface area (Å²) >= 11 is 0. The van der Waals surface area contributed by atoms with E-state index in [-0.39, 0.29) is 25.1 Å². The fourth-order valence-electron chi connectivity index (χ4n) is 1.87. The highest BCUT2D eigenvalue weighted by Crippen LogP contribution is 2.16. The van der Waals surface area contributed by atoms with Crippen LogP contribution in [0.25, 0.3) is 0 Å². The average Bonchev–Trinajstić information content (AvgIpc) is 2.38. The number of piperazine rings is 1. The van der Waals surface area contributed by atoms with Crippen LogP contribution < -0.4 is 10.2 Å². The Morgan fingerprint density at radius 3 is 2.76 bits per heavy atom. The first-order valence-electron chi connectivity index (χ1n) is 5.38. The van der Waals surface area contributed by atoms with Gasteiger partial charge in [-0.25, -0.2) is 0 Å². The number of nitrogens with zero attached hydrogens (tertiary/aromatic N) is 2. The molecule has 0 radical (unpaired) electrons. The predicted molar refractivity (Wildman–Crippen MR) is 62.4 cm³/mol. The Morgan fingerprint density at radius 1 is 1.47 bits per heavy atom. The number of aliphatic hydroxyl groups excluding tert-OH is 1. The molecule has 1 amide bonds. The number of aliphatic hydroxyl groups is 1. The third-order valence-electron chi connectivity index (χ3n) is 2.72. The zero-order valence-corrected chi connectivity index (χ0v) is 9.26. The van der Waals surface area contributed by atoms with Gasteiger partial charge >= 0.3 is 0 Å². The summed E-state index contributed by atoms with van der Waals surface area (Å²) in [6.07, 6.45) is 0. The minimum absolute atomic E-state index is 0.0709. The van der Waals surface area contributed by atoms with Gasteiger partial charge < -0.3 is 15.3 Å². The van der Waals surface area contributed by atoms with Crippen LogP contribution in [0.15, 0.2) is 24.3 Å². The monoisotopic (exact) mass is 231 g/mol. The molecular formula is C12H13N3O2. The summed E-state index contributed by atoms with van der Waals surface area (Å²) in [5, 5.41) is 20.5. The molecule has 88 valence electrons. The molecule has 1 heterocycles. The van der Waals surface area contributed by atoms with E-state index in [0.29, 0.717) is 12.1 Å². The molecule has 2 rings (SSSR count). The smallest absolute Gasteiger partial charge is 0.239 e. The molecule has 0 bridgehead atoms. The number of carbonyl (C=O) groups is 1. The Labute approximate surface area is 99.3 Å². The lowest BCUT2D eigenvalue weighted by atomic mass is 10.1. The van der Waals surface area contributed by atoms with E-state index in [2.05, 4.69) is 5.32 Å². The molecule has 17 heavy (non-hydrogen) atoms. The highest BCUT2D eigenvalue weighted by atomic mass is 16.3. The van der Waals surface area contributed by atoms with E-state index in [1.54, 1.807) is 12.1 Å². The van der Waals surface area contributed by atoms with E-state index < -0.39 is 0 Å². The summed E-state index contributed by atoms with van der Waals surface area (Å²) in [4.78, 5) is 13.3. The Hall–Kier alpha value is -2.06. The van der Waals surface area contributed by atoms with Gasteiger partial charge in [-0.05, 0) is 24.3 Å². The van der Waals surface area contributed by atoms with E-state index in [1.807, 2.05) is 23.1 Å². The fourth-order valence-corrected chi connectivity index (χ4v) is 1.87. The molecule has 1 atom stereocenters. The Kier molecular flexibility index (Phi) is 3.26. The first kappa shape index (κ1) is 11.4. The van der Waals surface area contributed by atoms with Gasteiger partial charge in [0, 0.05) is 12.2 Å². The van der Waals surface area contributed by atoms with Crippen LogP contribution in [0.3, 0.4) is 0 Å². The topological polar surface area (TPSA) is 76.4 Å². The van der Waals surface area contributed by atoms with E-state index in [1.165, 1.54) is 0 Å². The maximum Gasteiger partial charge on any atom is 0.239 e. The van der Waals surface area contributed by atoms with Gasteiger partial charge in [0.2, 0.25) is 5.91 Å². The maximum absolute atomic E-state index is 11.4. The van der Waals surface area contributed by atoms with Gasteiger partial charge in [0.05, 0.1) is 30.8 Å². The molecule has 5 nitrogen and oxygen atoms in total. The number of carbonyl (C=O) groups excluding carboxylic acids is 1. The normalized spacial score (nSPS) is 19.6. The van der Waals surface area contributed by atoms with Gasteiger partial charge in [0.15, 0.2) is 0 Å². The summed E-state index contributed by atoms with van der Waals surface area (Å²) in [5.41, 5.74) is 1.48. The lowest BCUT2D eigenvalue weighted by molar-refractivity contribution is -0.121. The number of rotatable bonds is 2. The molecule has 1 fully saturated rings. The van der Waals surface area contributed by atoms with Gasteiger partial charge in [0.25, 0.3) is 0 Å². The first-order chi connectivity index (χ1) is 8.22. The number of nitrogens with one attached hydrogen (secondary N) is 1. The number of benzene rings is 1. The van der Waals surface area contributed by atoms with Gasteiger partial charge in [-0.2, -0.15) is 5.26 Å². The van der Waals surface area contributed by atoms with Gasteiger partial charge in [-0.15, -0.1) is 0 Å². The van der Waals surface area contributed by atoms with Gasteiger partial charge in [-0.3, -0.25) is 4.79 Å². The summed E-state index contributed by atoms with van der Waals surface area (Å²) < 4.78 is 0. The average molecular weight is 231 g/mol. The van der Waals surface area contributed by atoms with Crippen molar-refractivity contribution in [1.29, 1.82) is 5.26 Å². The summed E-state index contributed by atoms with van der Waals surface area (Å²) in [7, 11) is 0. The second-order valence-corrected chi connectivity index (χ2v) is 3.99. The predicted octanol–water partition coefficient (Wildman–Crippen LogP) is -0.145. The Bertz CT molecular complexity index is 450. The maximum atomic E-state index is 11.4. The largest absolute Gasteiger partial charge is 0.394 e. The van der Waals surface area contributed by atoms with Crippen LogP contribution in [0.4, 0.5) is 5.69 Å². The van der Waals surface area contributed by atoms with Crippen molar-refractivity contribution in [2.45, 2.75) is 6.04 Å². The van der Waals surface area contributed by atoms with Crippen molar-refractivity contribution >= 4 is 11.6 Å².